The highest BCUT2D eigenvalue weighted by Gasteiger charge is 2.12. The van der Waals surface area contributed by atoms with Gasteiger partial charge < -0.3 is 5.32 Å². The van der Waals surface area contributed by atoms with Gasteiger partial charge in [-0.1, -0.05) is 27.7 Å². The summed E-state index contributed by atoms with van der Waals surface area (Å²) >= 11 is 5.36. The van der Waals surface area contributed by atoms with Crippen molar-refractivity contribution in [2.75, 3.05) is 6.54 Å². The minimum absolute atomic E-state index is 0.674. The Morgan fingerprint density at radius 1 is 1.11 bits per heavy atom. The van der Waals surface area contributed by atoms with E-state index in [1.807, 2.05) is 11.3 Å². The molecule has 0 aromatic carbocycles. The van der Waals surface area contributed by atoms with Crippen molar-refractivity contribution in [3.05, 3.63) is 20.8 Å². The third-order valence-corrected chi connectivity index (χ3v) is 4.63. The number of hydrogen-bond acceptors (Lipinski definition) is 2. The summed E-state index contributed by atoms with van der Waals surface area (Å²) in [5.41, 5.74) is 0. The topological polar surface area (TPSA) is 12.0 Å². The molecule has 0 saturated heterocycles. The minimum Gasteiger partial charge on any atom is -0.314 e. The van der Waals surface area contributed by atoms with Gasteiger partial charge in [0.05, 0.1) is 3.79 Å². The second-order valence-electron chi connectivity index (χ2n) is 5.87. The van der Waals surface area contributed by atoms with E-state index in [9.17, 15) is 0 Å². The number of nitrogens with one attached hydrogen (secondary N) is 1. The lowest BCUT2D eigenvalue weighted by atomic mass is 9.95. The number of thiophene rings is 1. The first-order chi connectivity index (χ1) is 8.47. The summed E-state index contributed by atoms with van der Waals surface area (Å²) in [6.45, 7) is 10.3. The molecular formula is C15H26BrNS. The van der Waals surface area contributed by atoms with E-state index in [0.29, 0.717) is 6.04 Å². The lowest BCUT2D eigenvalue weighted by Crippen LogP contribution is -2.33. The Morgan fingerprint density at radius 3 is 2.17 bits per heavy atom. The second-order valence-corrected chi connectivity index (χ2v) is 8.41. The first-order valence-electron chi connectivity index (χ1n) is 6.95. The van der Waals surface area contributed by atoms with Crippen LogP contribution in [0.25, 0.3) is 0 Å². The van der Waals surface area contributed by atoms with Gasteiger partial charge in [0.25, 0.3) is 0 Å². The Balaban J connectivity index is 2.32. The fourth-order valence-electron chi connectivity index (χ4n) is 2.29. The van der Waals surface area contributed by atoms with Gasteiger partial charge in [0.15, 0.2) is 0 Å². The predicted octanol–water partition coefficient (Wildman–Crippen LogP) is 5.10. The van der Waals surface area contributed by atoms with E-state index in [0.717, 1.165) is 24.8 Å². The zero-order valence-corrected chi connectivity index (χ0v) is 14.4. The number of hydrogen-bond donors (Lipinski definition) is 1. The van der Waals surface area contributed by atoms with Crippen molar-refractivity contribution in [2.45, 2.75) is 53.0 Å². The molecule has 0 aliphatic rings. The van der Waals surface area contributed by atoms with E-state index in [4.69, 9.17) is 0 Å². The van der Waals surface area contributed by atoms with Crippen LogP contribution in [0.15, 0.2) is 15.9 Å². The van der Waals surface area contributed by atoms with E-state index in [-0.39, 0.29) is 0 Å². The van der Waals surface area contributed by atoms with E-state index in [1.54, 1.807) is 0 Å². The molecule has 104 valence electrons. The summed E-state index contributed by atoms with van der Waals surface area (Å²) in [6, 6.07) is 5.03. The van der Waals surface area contributed by atoms with Crippen LogP contribution in [0.4, 0.5) is 0 Å². The highest BCUT2D eigenvalue weighted by molar-refractivity contribution is 9.11. The maximum Gasteiger partial charge on any atom is 0.0701 e. The van der Waals surface area contributed by atoms with Gasteiger partial charge in [-0.05, 0) is 59.2 Å². The highest BCUT2D eigenvalue weighted by atomic mass is 79.9. The Hall–Kier alpha value is 0.140. The quantitative estimate of drug-likeness (QED) is 0.698. The first-order valence-corrected chi connectivity index (χ1v) is 8.56. The van der Waals surface area contributed by atoms with Crippen LogP contribution in [0.5, 0.6) is 0 Å². The van der Waals surface area contributed by atoms with Crippen LogP contribution in [0, 0.1) is 11.8 Å². The lowest BCUT2D eigenvalue weighted by Gasteiger charge is -2.22. The summed E-state index contributed by atoms with van der Waals surface area (Å²) in [5, 5.41) is 3.73. The highest BCUT2D eigenvalue weighted by Crippen LogP contribution is 2.22. The van der Waals surface area contributed by atoms with Crippen molar-refractivity contribution >= 4 is 27.3 Å². The summed E-state index contributed by atoms with van der Waals surface area (Å²) in [5.74, 6) is 1.55. The standard InChI is InChI=1S/C15H26BrNS/c1-11(2)9-13(10-12(3)4)17-8-7-14-5-6-15(16)18-14/h5-6,11-13,17H,7-10H2,1-4H3. The van der Waals surface area contributed by atoms with E-state index < -0.39 is 0 Å². The summed E-state index contributed by atoms with van der Waals surface area (Å²) in [6.07, 6.45) is 3.71. The fraction of sp³-hybridized carbons (Fsp3) is 0.733. The van der Waals surface area contributed by atoms with Gasteiger partial charge in [-0.15, -0.1) is 11.3 Å². The van der Waals surface area contributed by atoms with E-state index in [1.165, 1.54) is 21.5 Å². The molecule has 0 fully saturated rings. The molecule has 1 N–H and O–H groups in total. The molecule has 0 radical (unpaired) electrons. The van der Waals surface area contributed by atoms with Crippen molar-refractivity contribution in [3.8, 4) is 0 Å². The molecule has 3 heteroatoms. The Bertz CT molecular complexity index is 323. The molecule has 0 bridgehead atoms. The van der Waals surface area contributed by atoms with Crippen molar-refractivity contribution in [3.63, 3.8) is 0 Å². The van der Waals surface area contributed by atoms with Crippen molar-refractivity contribution in [2.24, 2.45) is 11.8 Å². The van der Waals surface area contributed by atoms with Crippen LogP contribution in [0.3, 0.4) is 0 Å². The molecule has 18 heavy (non-hydrogen) atoms. The molecule has 1 nitrogen and oxygen atoms in total. The molecule has 1 aromatic rings. The molecular weight excluding hydrogens is 306 g/mol. The van der Waals surface area contributed by atoms with Gasteiger partial charge in [0.2, 0.25) is 0 Å². The monoisotopic (exact) mass is 331 g/mol. The van der Waals surface area contributed by atoms with Crippen LogP contribution < -0.4 is 5.32 Å². The van der Waals surface area contributed by atoms with Gasteiger partial charge in [-0.2, -0.15) is 0 Å². The zero-order valence-electron chi connectivity index (χ0n) is 12.0. The molecule has 0 atom stereocenters. The summed E-state index contributed by atoms with van der Waals surface area (Å²) in [7, 11) is 0. The van der Waals surface area contributed by atoms with Gasteiger partial charge in [0.1, 0.15) is 0 Å². The minimum atomic E-state index is 0.674. The molecule has 0 aliphatic heterocycles. The van der Waals surface area contributed by atoms with Crippen molar-refractivity contribution in [1.82, 2.24) is 5.32 Å². The van der Waals surface area contributed by atoms with Crippen LogP contribution in [-0.4, -0.2) is 12.6 Å². The van der Waals surface area contributed by atoms with Crippen molar-refractivity contribution in [1.29, 1.82) is 0 Å². The lowest BCUT2D eigenvalue weighted by molar-refractivity contribution is 0.362. The molecule has 0 amide bonds. The van der Waals surface area contributed by atoms with Gasteiger partial charge in [0, 0.05) is 17.5 Å². The first kappa shape index (κ1) is 16.2. The fourth-order valence-corrected chi connectivity index (χ4v) is 3.77. The van der Waals surface area contributed by atoms with Gasteiger partial charge in [-0.3, -0.25) is 0 Å². The van der Waals surface area contributed by atoms with Crippen LogP contribution >= 0.6 is 27.3 Å². The largest absolute Gasteiger partial charge is 0.314 e. The van der Waals surface area contributed by atoms with Gasteiger partial charge >= 0.3 is 0 Å². The Labute approximate surface area is 125 Å². The average molecular weight is 332 g/mol. The van der Waals surface area contributed by atoms with E-state index >= 15 is 0 Å². The normalized spacial score (nSPS) is 12.0. The third kappa shape index (κ3) is 6.91. The molecule has 1 rings (SSSR count). The van der Waals surface area contributed by atoms with E-state index in [2.05, 4.69) is 61.1 Å². The smallest absolute Gasteiger partial charge is 0.0701 e. The SMILES string of the molecule is CC(C)CC(CC(C)C)NCCc1ccc(Br)s1. The number of halogens is 1. The third-order valence-electron chi connectivity index (χ3n) is 2.95. The molecule has 0 aliphatic carbocycles. The summed E-state index contributed by atoms with van der Waals surface area (Å²) < 4.78 is 1.23. The predicted molar refractivity (Wildman–Crippen MR) is 86.4 cm³/mol. The summed E-state index contributed by atoms with van der Waals surface area (Å²) in [4.78, 5) is 1.46. The van der Waals surface area contributed by atoms with Gasteiger partial charge in [-0.25, -0.2) is 0 Å². The number of rotatable bonds is 8. The molecule has 0 unspecified atom stereocenters. The Morgan fingerprint density at radius 2 is 1.72 bits per heavy atom. The van der Waals surface area contributed by atoms with Crippen LogP contribution in [-0.2, 0) is 6.42 Å². The maximum atomic E-state index is 3.73. The zero-order chi connectivity index (χ0) is 13.5. The van der Waals surface area contributed by atoms with Crippen LogP contribution in [0.1, 0.15) is 45.4 Å². The second kappa shape index (κ2) is 8.34. The molecule has 1 heterocycles. The maximum absolute atomic E-state index is 3.73. The molecule has 0 spiro atoms. The average Bonchev–Trinajstić information content (AvgIpc) is 2.62. The Kier molecular flexibility index (Phi) is 7.50. The van der Waals surface area contributed by atoms with Crippen LogP contribution in [0.2, 0.25) is 0 Å². The molecule has 1 aromatic heterocycles. The molecule has 0 saturated carbocycles. The van der Waals surface area contributed by atoms with Crippen molar-refractivity contribution < 1.29 is 0 Å².